The standard InChI is InChI=1S/C15H14ClNO3/c1-9-6-7-11(16)13(8-9)20-14-10(15(18)19-2)4-3-5-12(14)17/h3-8H,17H2,1-2H3. The van der Waals surface area contributed by atoms with Crippen molar-refractivity contribution in [1.82, 2.24) is 0 Å². The summed E-state index contributed by atoms with van der Waals surface area (Å²) in [4.78, 5) is 11.7. The van der Waals surface area contributed by atoms with E-state index >= 15 is 0 Å². The van der Waals surface area contributed by atoms with Crippen LogP contribution < -0.4 is 10.5 Å². The minimum atomic E-state index is -0.518. The van der Waals surface area contributed by atoms with Crippen LogP contribution in [0.1, 0.15) is 15.9 Å². The van der Waals surface area contributed by atoms with E-state index in [2.05, 4.69) is 0 Å². The molecule has 20 heavy (non-hydrogen) atoms. The maximum absolute atomic E-state index is 11.7. The Morgan fingerprint density at radius 2 is 2.00 bits per heavy atom. The van der Waals surface area contributed by atoms with Gasteiger partial charge < -0.3 is 15.2 Å². The number of aryl methyl sites for hydroxylation is 1. The van der Waals surface area contributed by atoms with Gasteiger partial charge in [-0.3, -0.25) is 0 Å². The molecule has 4 nitrogen and oxygen atoms in total. The number of nitrogen functional groups attached to an aromatic ring is 1. The molecule has 2 aromatic carbocycles. The van der Waals surface area contributed by atoms with E-state index in [-0.39, 0.29) is 11.3 Å². The number of rotatable bonds is 3. The highest BCUT2D eigenvalue weighted by Gasteiger charge is 2.17. The molecule has 0 aromatic heterocycles. The zero-order valence-electron chi connectivity index (χ0n) is 11.1. The van der Waals surface area contributed by atoms with E-state index in [1.165, 1.54) is 7.11 Å². The third-order valence-corrected chi connectivity index (χ3v) is 3.06. The number of carbonyl (C=O) groups is 1. The summed E-state index contributed by atoms with van der Waals surface area (Å²) >= 11 is 6.08. The van der Waals surface area contributed by atoms with E-state index in [0.29, 0.717) is 16.5 Å². The molecule has 0 amide bonds. The summed E-state index contributed by atoms with van der Waals surface area (Å²) in [5.74, 6) is 0.164. The quantitative estimate of drug-likeness (QED) is 0.690. The highest BCUT2D eigenvalue weighted by molar-refractivity contribution is 6.32. The number of benzene rings is 2. The number of para-hydroxylation sites is 1. The lowest BCUT2D eigenvalue weighted by atomic mass is 10.1. The number of esters is 1. The zero-order valence-corrected chi connectivity index (χ0v) is 11.9. The summed E-state index contributed by atoms with van der Waals surface area (Å²) in [7, 11) is 1.30. The molecule has 0 heterocycles. The van der Waals surface area contributed by atoms with Crippen LogP contribution >= 0.6 is 11.6 Å². The molecule has 5 heteroatoms. The Bertz CT molecular complexity index is 656. The van der Waals surface area contributed by atoms with E-state index in [0.717, 1.165) is 5.56 Å². The molecule has 0 aliphatic heterocycles. The number of carbonyl (C=O) groups excluding carboxylic acids is 1. The lowest BCUT2D eigenvalue weighted by Gasteiger charge is -2.13. The van der Waals surface area contributed by atoms with Crippen LogP contribution in [0.5, 0.6) is 11.5 Å². The molecule has 104 valence electrons. The second-order valence-corrected chi connectivity index (χ2v) is 4.66. The van der Waals surface area contributed by atoms with Gasteiger partial charge in [-0.25, -0.2) is 4.79 Å². The molecule has 0 aliphatic carbocycles. The van der Waals surface area contributed by atoms with Crippen molar-refractivity contribution >= 4 is 23.3 Å². The van der Waals surface area contributed by atoms with Crippen LogP contribution in [0, 0.1) is 6.92 Å². The van der Waals surface area contributed by atoms with Gasteiger partial charge in [0.25, 0.3) is 0 Å². The van der Waals surface area contributed by atoms with Crippen LogP contribution in [0.2, 0.25) is 5.02 Å². The summed E-state index contributed by atoms with van der Waals surface area (Å²) in [6.45, 7) is 1.92. The van der Waals surface area contributed by atoms with Gasteiger partial charge in [0, 0.05) is 0 Å². The lowest BCUT2D eigenvalue weighted by Crippen LogP contribution is -2.05. The first-order chi connectivity index (χ1) is 9.52. The second kappa shape index (κ2) is 5.84. The van der Waals surface area contributed by atoms with Gasteiger partial charge in [-0.2, -0.15) is 0 Å². The first-order valence-corrected chi connectivity index (χ1v) is 6.31. The lowest BCUT2D eigenvalue weighted by molar-refractivity contribution is 0.0598. The molecule has 0 saturated carbocycles. The molecule has 2 rings (SSSR count). The van der Waals surface area contributed by atoms with Gasteiger partial charge in [0.15, 0.2) is 5.75 Å². The van der Waals surface area contributed by atoms with Crippen molar-refractivity contribution in [1.29, 1.82) is 0 Å². The van der Waals surface area contributed by atoms with E-state index in [1.807, 2.05) is 13.0 Å². The van der Waals surface area contributed by atoms with E-state index in [4.69, 9.17) is 26.8 Å². The van der Waals surface area contributed by atoms with Crippen molar-refractivity contribution in [2.75, 3.05) is 12.8 Å². The highest BCUT2D eigenvalue weighted by atomic mass is 35.5. The summed E-state index contributed by atoms with van der Waals surface area (Å²) in [5.41, 5.74) is 7.45. The fraction of sp³-hybridized carbons (Fsp3) is 0.133. The predicted molar refractivity (Wildman–Crippen MR) is 78.5 cm³/mol. The third-order valence-electron chi connectivity index (χ3n) is 2.75. The number of hydrogen-bond donors (Lipinski definition) is 1. The predicted octanol–water partition coefficient (Wildman–Crippen LogP) is 3.81. The van der Waals surface area contributed by atoms with Gasteiger partial charge in [-0.15, -0.1) is 0 Å². The molecular weight excluding hydrogens is 278 g/mol. The van der Waals surface area contributed by atoms with Crippen molar-refractivity contribution in [2.24, 2.45) is 0 Å². The molecule has 0 spiro atoms. The monoisotopic (exact) mass is 291 g/mol. The molecular formula is C15H14ClNO3. The van der Waals surface area contributed by atoms with Gasteiger partial charge in [0.1, 0.15) is 11.3 Å². The molecule has 0 atom stereocenters. The Hall–Kier alpha value is -2.20. The number of halogens is 1. The first kappa shape index (κ1) is 14.2. The van der Waals surface area contributed by atoms with Gasteiger partial charge >= 0.3 is 5.97 Å². The Kier molecular flexibility index (Phi) is 4.15. The van der Waals surface area contributed by atoms with Crippen molar-refractivity contribution in [2.45, 2.75) is 6.92 Å². The average molecular weight is 292 g/mol. The summed E-state index contributed by atoms with van der Waals surface area (Å²) in [6.07, 6.45) is 0. The van der Waals surface area contributed by atoms with Crippen molar-refractivity contribution in [3.63, 3.8) is 0 Å². The van der Waals surface area contributed by atoms with Gasteiger partial charge in [-0.1, -0.05) is 23.7 Å². The first-order valence-electron chi connectivity index (χ1n) is 5.93. The van der Waals surface area contributed by atoms with Gasteiger partial charge in [0.2, 0.25) is 0 Å². The summed E-state index contributed by atoms with van der Waals surface area (Å²) < 4.78 is 10.4. The molecule has 0 unspecified atom stereocenters. The fourth-order valence-corrected chi connectivity index (χ4v) is 1.89. The fourth-order valence-electron chi connectivity index (χ4n) is 1.74. The van der Waals surface area contributed by atoms with Crippen LogP contribution in [0.25, 0.3) is 0 Å². The molecule has 0 aliphatic rings. The molecule has 2 N–H and O–H groups in total. The Morgan fingerprint density at radius 3 is 2.70 bits per heavy atom. The molecule has 2 aromatic rings. The van der Waals surface area contributed by atoms with Crippen LogP contribution in [0.15, 0.2) is 36.4 Å². The Morgan fingerprint density at radius 1 is 1.25 bits per heavy atom. The average Bonchev–Trinajstić information content (AvgIpc) is 2.44. The topological polar surface area (TPSA) is 61.5 Å². The van der Waals surface area contributed by atoms with Gasteiger partial charge in [-0.05, 0) is 36.8 Å². The van der Waals surface area contributed by atoms with Crippen molar-refractivity contribution < 1.29 is 14.3 Å². The van der Waals surface area contributed by atoms with Crippen LogP contribution in [-0.2, 0) is 4.74 Å². The number of nitrogens with two attached hydrogens (primary N) is 1. The largest absolute Gasteiger partial charge is 0.465 e. The SMILES string of the molecule is COC(=O)c1cccc(N)c1Oc1cc(C)ccc1Cl. The smallest absolute Gasteiger partial charge is 0.341 e. The van der Waals surface area contributed by atoms with Crippen LogP contribution in [-0.4, -0.2) is 13.1 Å². The minimum absolute atomic E-state index is 0.242. The number of hydrogen-bond acceptors (Lipinski definition) is 4. The number of methoxy groups -OCH3 is 1. The molecule has 0 bridgehead atoms. The van der Waals surface area contributed by atoms with Crippen molar-refractivity contribution in [3.05, 3.63) is 52.5 Å². The highest BCUT2D eigenvalue weighted by Crippen LogP contribution is 2.35. The van der Waals surface area contributed by atoms with Crippen LogP contribution in [0.4, 0.5) is 5.69 Å². The molecule has 0 radical (unpaired) electrons. The molecule has 0 fully saturated rings. The van der Waals surface area contributed by atoms with E-state index in [1.54, 1.807) is 30.3 Å². The second-order valence-electron chi connectivity index (χ2n) is 4.25. The van der Waals surface area contributed by atoms with Gasteiger partial charge in [0.05, 0.1) is 17.8 Å². The van der Waals surface area contributed by atoms with E-state index in [9.17, 15) is 4.79 Å². The van der Waals surface area contributed by atoms with E-state index < -0.39 is 5.97 Å². The Balaban J connectivity index is 2.47. The maximum atomic E-state index is 11.7. The summed E-state index contributed by atoms with van der Waals surface area (Å²) in [5, 5.41) is 0.440. The maximum Gasteiger partial charge on any atom is 0.341 e. The van der Waals surface area contributed by atoms with Crippen molar-refractivity contribution in [3.8, 4) is 11.5 Å². The minimum Gasteiger partial charge on any atom is -0.465 e. The number of anilines is 1. The molecule has 0 saturated heterocycles. The summed E-state index contributed by atoms with van der Waals surface area (Å²) in [6, 6.07) is 10.3. The zero-order chi connectivity index (χ0) is 14.7. The third kappa shape index (κ3) is 2.86. The number of ether oxygens (including phenoxy) is 2. The Labute approximate surface area is 122 Å². The van der Waals surface area contributed by atoms with Crippen LogP contribution in [0.3, 0.4) is 0 Å². The normalized spacial score (nSPS) is 10.2.